The molecule has 0 saturated carbocycles. The molecule has 0 atom stereocenters. The Bertz CT molecular complexity index is 618. The third-order valence-corrected chi connectivity index (χ3v) is 2.41. The van der Waals surface area contributed by atoms with Gasteiger partial charge in [0.05, 0.1) is 6.54 Å². The van der Waals surface area contributed by atoms with Crippen molar-refractivity contribution in [3.8, 4) is 0 Å². The molecule has 2 aromatic rings. The summed E-state index contributed by atoms with van der Waals surface area (Å²) < 4.78 is 4.55. The molecule has 0 aliphatic heterocycles. The number of amides is 1. The van der Waals surface area contributed by atoms with Crippen molar-refractivity contribution in [2.45, 2.75) is 6.54 Å². The van der Waals surface area contributed by atoms with E-state index in [4.69, 9.17) is 5.11 Å². The Hall–Kier alpha value is -2.96. The predicted molar refractivity (Wildman–Crippen MR) is 68.6 cm³/mol. The van der Waals surface area contributed by atoms with Crippen LogP contribution in [-0.4, -0.2) is 27.1 Å². The first-order valence-electron chi connectivity index (χ1n) is 5.69. The maximum atomic E-state index is 11.8. The predicted octanol–water partition coefficient (Wildman–Crippen LogP) is 1.10. The van der Waals surface area contributed by atoms with Crippen LogP contribution < -0.4 is 5.32 Å². The quantitative estimate of drug-likeness (QED) is 0.790. The fourth-order valence-corrected chi connectivity index (χ4v) is 1.44. The highest BCUT2D eigenvalue weighted by Gasteiger charge is 2.06. The molecular formula is C13H11N3O4. The van der Waals surface area contributed by atoms with Gasteiger partial charge in [-0.15, -0.1) is 0 Å². The average molecular weight is 273 g/mol. The van der Waals surface area contributed by atoms with Crippen LogP contribution in [0.15, 0.2) is 41.3 Å². The molecular weight excluding hydrogens is 262 g/mol. The molecule has 1 amide bonds. The van der Waals surface area contributed by atoms with Crippen molar-refractivity contribution in [1.82, 2.24) is 15.5 Å². The third kappa shape index (κ3) is 3.77. The number of benzene rings is 1. The van der Waals surface area contributed by atoms with Crippen LogP contribution in [0.5, 0.6) is 0 Å². The van der Waals surface area contributed by atoms with E-state index in [9.17, 15) is 9.59 Å². The number of nitrogens with one attached hydrogen (secondary N) is 1. The number of carboxylic acid groups (broad SMARTS) is 1. The van der Waals surface area contributed by atoms with Gasteiger partial charge in [0.1, 0.15) is 0 Å². The maximum Gasteiger partial charge on any atom is 0.328 e. The van der Waals surface area contributed by atoms with Gasteiger partial charge in [-0.3, -0.25) is 4.79 Å². The molecule has 0 aliphatic rings. The summed E-state index contributed by atoms with van der Waals surface area (Å²) in [5.74, 6) is -0.908. The lowest BCUT2D eigenvalue weighted by Gasteiger charge is -2.02. The van der Waals surface area contributed by atoms with E-state index in [1.165, 1.54) is 12.5 Å². The van der Waals surface area contributed by atoms with Crippen LogP contribution in [0.4, 0.5) is 0 Å². The van der Waals surface area contributed by atoms with Gasteiger partial charge >= 0.3 is 5.97 Å². The van der Waals surface area contributed by atoms with Gasteiger partial charge in [0, 0.05) is 11.6 Å². The third-order valence-electron chi connectivity index (χ3n) is 2.41. The zero-order valence-corrected chi connectivity index (χ0v) is 10.3. The molecule has 0 fully saturated rings. The number of hydrogen-bond donors (Lipinski definition) is 2. The summed E-state index contributed by atoms with van der Waals surface area (Å²) in [6, 6.07) is 6.52. The summed E-state index contributed by atoms with van der Waals surface area (Å²) >= 11 is 0. The van der Waals surface area contributed by atoms with Crippen molar-refractivity contribution in [3.63, 3.8) is 0 Å². The number of rotatable bonds is 5. The Labute approximate surface area is 113 Å². The molecule has 0 saturated heterocycles. The summed E-state index contributed by atoms with van der Waals surface area (Å²) in [4.78, 5) is 26.0. The summed E-state index contributed by atoms with van der Waals surface area (Å²) in [5.41, 5.74) is 1.16. The largest absolute Gasteiger partial charge is 0.478 e. The topological polar surface area (TPSA) is 105 Å². The Morgan fingerprint density at radius 3 is 2.65 bits per heavy atom. The van der Waals surface area contributed by atoms with Gasteiger partial charge in [0.15, 0.2) is 5.82 Å². The van der Waals surface area contributed by atoms with Gasteiger partial charge in [-0.2, -0.15) is 4.98 Å². The van der Waals surface area contributed by atoms with Crippen LogP contribution in [0.1, 0.15) is 21.7 Å². The SMILES string of the molecule is O=C(O)/C=C/c1ccc(C(=O)NCc2ncon2)cc1. The van der Waals surface area contributed by atoms with Crippen molar-refractivity contribution in [3.05, 3.63) is 53.7 Å². The van der Waals surface area contributed by atoms with E-state index in [1.54, 1.807) is 24.3 Å². The zero-order valence-electron chi connectivity index (χ0n) is 10.3. The molecule has 0 unspecified atom stereocenters. The van der Waals surface area contributed by atoms with Gasteiger partial charge in [-0.05, 0) is 23.8 Å². The first-order chi connectivity index (χ1) is 9.65. The second-order valence-electron chi connectivity index (χ2n) is 3.82. The lowest BCUT2D eigenvalue weighted by atomic mass is 10.1. The highest BCUT2D eigenvalue weighted by atomic mass is 16.5. The molecule has 0 bridgehead atoms. The van der Waals surface area contributed by atoms with Crippen molar-refractivity contribution in [2.75, 3.05) is 0 Å². The number of carbonyl (C=O) groups excluding carboxylic acids is 1. The number of nitrogens with zero attached hydrogens (tertiary/aromatic N) is 2. The minimum absolute atomic E-state index is 0.177. The van der Waals surface area contributed by atoms with E-state index in [0.29, 0.717) is 17.0 Å². The van der Waals surface area contributed by atoms with Crippen LogP contribution in [0, 0.1) is 0 Å². The van der Waals surface area contributed by atoms with E-state index in [0.717, 1.165) is 6.08 Å². The molecule has 1 aromatic heterocycles. The van der Waals surface area contributed by atoms with Gasteiger partial charge < -0.3 is 14.9 Å². The molecule has 2 N–H and O–H groups in total. The van der Waals surface area contributed by atoms with Gasteiger partial charge in [-0.25, -0.2) is 4.79 Å². The molecule has 102 valence electrons. The van der Waals surface area contributed by atoms with Gasteiger partial charge in [0.25, 0.3) is 5.91 Å². The maximum absolute atomic E-state index is 11.8. The van der Waals surface area contributed by atoms with Crippen LogP contribution in [0.3, 0.4) is 0 Å². The summed E-state index contributed by atoms with van der Waals surface area (Å²) in [7, 11) is 0. The lowest BCUT2D eigenvalue weighted by Crippen LogP contribution is -2.23. The van der Waals surface area contributed by atoms with Crippen LogP contribution in [0.2, 0.25) is 0 Å². The Kier molecular flexibility index (Phi) is 4.23. The molecule has 7 heteroatoms. The molecule has 1 aromatic carbocycles. The Balaban J connectivity index is 1.95. The van der Waals surface area contributed by atoms with E-state index in [-0.39, 0.29) is 12.5 Å². The lowest BCUT2D eigenvalue weighted by molar-refractivity contribution is -0.131. The van der Waals surface area contributed by atoms with E-state index >= 15 is 0 Å². The monoisotopic (exact) mass is 273 g/mol. The number of aliphatic carboxylic acids is 1. The summed E-state index contributed by atoms with van der Waals surface area (Å²) in [5, 5.41) is 14.7. The Morgan fingerprint density at radius 1 is 1.30 bits per heavy atom. The average Bonchev–Trinajstić information content (AvgIpc) is 2.96. The molecule has 1 heterocycles. The second kappa shape index (κ2) is 6.28. The molecule has 0 radical (unpaired) electrons. The van der Waals surface area contributed by atoms with Crippen LogP contribution in [-0.2, 0) is 11.3 Å². The van der Waals surface area contributed by atoms with Crippen LogP contribution in [0.25, 0.3) is 6.08 Å². The van der Waals surface area contributed by atoms with E-state index in [1.807, 2.05) is 0 Å². The number of hydrogen-bond acceptors (Lipinski definition) is 5. The number of carboxylic acids is 1. The minimum atomic E-state index is -1.02. The Morgan fingerprint density at radius 2 is 2.05 bits per heavy atom. The molecule has 7 nitrogen and oxygen atoms in total. The molecule has 0 aliphatic carbocycles. The summed E-state index contributed by atoms with van der Waals surface area (Å²) in [6.45, 7) is 0.177. The van der Waals surface area contributed by atoms with Gasteiger partial charge in [0.2, 0.25) is 6.39 Å². The second-order valence-corrected chi connectivity index (χ2v) is 3.82. The van der Waals surface area contributed by atoms with Crippen molar-refractivity contribution in [1.29, 1.82) is 0 Å². The number of aromatic nitrogens is 2. The molecule has 0 spiro atoms. The highest BCUT2D eigenvalue weighted by molar-refractivity contribution is 5.94. The van der Waals surface area contributed by atoms with Crippen LogP contribution >= 0.6 is 0 Å². The first kappa shape index (κ1) is 13.5. The highest BCUT2D eigenvalue weighted by Crippen LogP contribution is 2.06. The standard InChI is InChI=1S/C13H11N3O4/c17-12(18)6-3-9-1-4-10(5-2-9)13(19)14-7-11-15-8-20-16-11/h1-6,8H,7H2,(H,14,19)(H,17,18)/b6-3+. The van der Waals surface area contributed by atoms with E-state index < -0.39 is 5.97 Å². The van der Waals surface area contributed by atoms with E-state index in [2.05, 4.69) is 20.0 Å². The van der Waals surface area contributed by atoms with Crippen molar-refractivity contribution in [2.24, 2.45) is 0 Å². The fourth-order valence-electron chi connectivity index (χ4n) is 1.44. The van der Waals surface area contributed by atoms with Gasteiger partial charge in [-0.1, -0.05) is 17.3 Å². The van der Waals surface area contributed by atoms with Crippen molar-refractivity contribution >= 4 is 18.0 Å². The molecule has 2 rings (SSSR count). The zero-order chi connectivity index (χ0) is 14.4. The number of carbonyl (C=O) groups is 2. The minimum Gasteiger partial charge on any atom is -0.478 e. The first-order valence-corrected chi connectivity index (χ1v) is 5.69. The smallest absolute Gasteiger partial charge is 0.328 e. The normalized spacial score (nSPS) is 10.6. The fraction of sp³-hybridized carbons (Fsp3) is 0.0769. The molecule has 20 heavy (non-hydrogen) atoms. The summed E-state index contributed by atoms with van der Waals surface area (Å²) in [6.07, 6.45) is 3.67. The van der Waals surface area contributed by atoms with Crippen molar-refractivity contribution < 1.29 is 19.2 Å².